The van der Waals surface area contributed by atoms with E-state index in [1.54, 1.807) is 20.8 Å². The number of nitrogens with one attached hydrogen (secondary N) is 1. The van der Waals surface area contributed by atoms with E-state index in [9.17, 15) is 14.4 Å². The highest BCUT2D eigenvalue weighted by atomic mass is 16.6. The second-order valence-electron chi connectivity index (χ2n) is 7.24. The molecular formula is C17H31N3O5. The Hall–Kier alpha value is -1.83. The van der Waals surface area contributed by atoms with Crippen molar-refractivity contribution < 1.29 is 23.9 Å². The zero-order chi connectivity index (χ0) is 19.0. The standard InChI is InChI=1S/C17H31N3O5/c1-17(2,3)25-16(23)19-10-6-5-8-12(18)14(21)20-11-7-9-13(20)15(22)24-4/h12-13H,5-11,18H2,1-4H3,(H,19,23)/t12-,13-/m0/s1. The van der Waals surface area contributed by atoms with Crippen molar-refractivity contribution in [3.63, 3.8) is 0 Å². The number of unbranched alkanes of at least 4 members (excludes halogenated alkanes) is 1. The summed E-state index contributed by atoms with van der Waals surface area (Å²) in [5.74, 6) is -0.604. The number of amides is 2. The molecule has 0 aromatic carbocycles. The number of nitrogens with two attached hydrogens (primary N) is 1. The minimum absolute atomic E-state index is 0.215. The van der Waals surface area contributed by atoms with Crippen LogP contribution in [-0.2, 0) is 19.1 Å². The summed E-state index contributed by atoms with van der Waals surface area (Å²) in [6, 6.07) is -1.16. The van der Waals surface area contributed by atoms with Gasteiger partial charge in [-0.15, -0.1) is 0 Å². The molecule has 0 bridgehead atoms. The van der Waals surface area contributed by atoms with Crippen LogP contribution in [0.1, 0.15) is 52.9 Å². The second kappa shape index (κ2) is 9.60. The lowest BCUT2D eigenvalue weighted by Crippen LogP contribution is -2.48. The fourth-order valence-corrected chi connectivity index (χ4v) is 2.74. The number of hydrogen-bond donors (Lipinski definition) is 2. The van der Waals surface area contributed by atoms with Crippen LogP contribution in [0.2, 0.25) is 0 Å². The van der Waals surface area contributed by atoms with Gasteiger partial charge in [-0.05, 0) is 52.9 Å². The van der Waals surface area contributed by atoms with Crippen LogP contribution >= 0.6 is 0 Å². The highest BCUT2D eigenvalue weighted by Gasteiger charge is 2.36. The number of nitrogens with zero attached hydrogens (tertiary/aromatic N) is 1. The summed E-state index contributed by atoms with van der Waals surface area (Å²) in [6.07, 6.45) is 2.83. The van der Waals surface area contributed by atoms with Crippen LogP contribution in [-0.4, -0.2) is 60.8 Å². The van der Waals surface area contributed by atoms with E-state index in [1.807, 2.05) is 0 Å². The van der Waals surface area contributed by atoms with Gasteiger partial charge in [0.15, 0.2) is 0 Å². The van der Waals surface area contributed by atoms with Crippen LogP contribution in [0.25, 0.3) is 0 Å². The predicted molar refractivity (Wildman–Crippen MR) is 92.8 cm³/mol. The van der Waals surface area contributed by atoms with Gasteiger partial charge in [0.25, 0.3) is 0 Å². The third-order valence-electron chi connectivity index (χ3n) is 3.94. The van der Waals surface area contributed by atoms with Crippen LogP contribution in [0.15, 0.2) is 0 Å². The average Bonchev–Trinajstić information content (AvgIpc) is 3.00. The Bertz CT molecular complexity index is 475. The smallest absolute Gasteiger partial charge is 0.407 e. The Morgan fingerprint density at radius 1 is 1.28 bits per heavy atom. The molecule has 1 fully saturated rings. The number of carbonyl (C=O) groups is 3. The van der Waals surface area contributed by atoms with E-state index in [4.69, 9.17) is 15.2 Å². The molecule has 1 aliphatic rings. The first kappa shape index (κ1) is 21.2. The maximum absolute atomic E-state index is 12.4. The minimum atomic E-state index is -0.646. The van der Waals surface area contributed by atoms with E-state index in [-0.39, 0.29) is 11.9 Å². The molecule has 2 atom stereocenters. The SMILES string of the molecule is COC(=O)[C@@H]1CCCN1C(=O)[C@@H](N)CCCCNC(=O)OC(C)(C)C. The Morgan fingerprint density at radius 3 is 2.56 bits per heavy atom. The lowest BCUT2D eigenvalue weighted by molar-refractivity contribution is -0.151. The molecule has 8 nitrogen and oxygen atoms in total. The van der Waals surface area contributed by atoms with E-state index >= 15 is 0 Å². The summed E-state index contributed by atoms with van der Waals surface area (Å²) >= 11 is 0. The third kappa shape index (κ3) is 7.29. The highest BCUT2D eigenvalue weighted by molar-refractivity contribution is 5.88. The van der Waals surface area contributed by atoms with Gasteiger partial charge in [-0.25, -0.2) is 9.59 Å². The van der Waals surface area contributed by atoms with Crippen LogP contribution in [0.5, 0.6) is 0 Å². The first-order valence-electron chi connectivity index (χ1n) is 8.76. The normalized spacial score (nSPS) is 18.6. The number of methoxy groups -OCH3 is 1. The molecule has 0 aromatic heterocycles. The van der Waals surface area contributed by atoms with Gasteiger partial charge in [-0.1, -0.05) is 0 Å². The Kier molecular flexibility index (Phi) is 8.15. The van der Waals surface area contributed by atoms with Gasteiger partial charge in [0.2, 0.25) is 5.91 Å². The first-order valence-corrected chi connectivity index (χ1v) is 8.76. The predicted octanol–water partition coefficient (Wildman–Crippen LogP) is 1.17. The largest absolute Gasteiger partial charge is 0.467 e. The van der Waals surface area contributed by atoms with Crippen LogP contribution in [0.3, 0.4) is 0 Å². The zero-order valence-corrected chi connectivity index (χ0v) is 15.7. The van der Waals surface area contributed by atoms with Crippen LogP contribution in [0, 0.1) is 0 Å². The van der Waals surface area contributed by atoms with Crippen LogP contribution < -0.4 is 11.1 Å². The Morgan fingerprint density at radius 2 is 1.96 bits per heavy atom. The lowest BCUT2D eigenvalue weighted by Gasteiger charge is -2.25. The molecule has 0 aromatic rings. The molecule has 3 N–H and O–H groups in total. The van der Waals surface area contributed by atoms with Crippen molar-refractivity contribution in [2.75, 3.05) is 20.2 Å². The number of ether oxygens (including phenoxy) is 2. The van der Waals surface area contributed by atoms with Crippen molar-refractivity contribution in [3.8, 4) is 0 Å². The van der Waals surface area contributed by atoms with E-state index in [0.717, 1.165) is 6.42 Å². The molecule has 0 saturated carbocycles. The van der Waals surface area contributed by atoms with Gasteiger partial charge in [0.05, 0.1) is 13.2 Å². The molecule has 1 saturated heterocycles. The van der Waals surface area contributed by atoms with Crippen molar-refractivity contribution in [2.45, 2.75) is 70.6 Å². The molecule has 1 rings (SSSR count). The average molecular weight is 357 g/mol. The minimum Gasteiger partial charge on any atom is -0.467 e. The van der Waals surface area contributed by atoms with Gasteiger partial charge < -0.3 is 25.4 Å². The maximum atomic E-state index is 12.4. The fraction of sp³-hybridized carbons (Fsp3) is 0.824. The topological polar surface area (TPSA) is 111 Å². The quantitative estimate of drug-likeness (QED) is 0.523. The lowest BCUT2D eigenvalue weighted by atomic mass is 10.1. The first-order chi connectivity index (χ1) is 11.7. The van der Waals surface area contributed by atoms with Gasteiger partial charge in [0.1, 0.15) is 11.6 Å². The third-order valence-corrected chi connectivity index (χ3v) is 3.94. The number of carbonyl (C=O) groups excluding carboxylic acids is 3. The molecule has 2 amide bonds. The molecular weight excluding hydrogens is 326 g/mol. The Balaban J connectivity index is 2.28. The molecule has 144 valence electrons. The summed E-state index contributed by atoms with van der Waals surface area (Å²) in [5.41, 5.74) is 5.45. The number of likely N-dealkylation sites (tertiary alicyclic amines) is 1. The molecule has 0 radical (unpaired) electrons. The molecule has 25 heavy (non-hydrogen) atoms. The van der Waals surface area contributed by atoms with Gasteiger partial charge in [-0.3, -0.25) is 4.79 Å². The monoisotopic (exact) mass is 357 g/mol. The summed E-state index contributed by atoms with van der Waals surface area (Å²) in [6.45, 7) is 6.41. The van der Waals surface area contributed by atoms with Crippen molar-refractivity contribution in [2.24, 2.45) is 5.73 Å². The maximum Gasteiger partial charge on any atom is 0.407 e. The van der Waals surface area contributed by atoms with Crippen LogP contribution in [0.4, 0.5) is 4.79 Å². The van der Waals surface area contributed by atoms with E-state index in [0.29, 0.717) is 38.8 Å². The zero-order valence-electron chi connectivity index (χ0n) is 15.7. The summed E-state index contributed by atoms with van der Waals surface area (Å²) in [4.78, 5) is 37.1. The second-order valence-corrected chi connectivity index (χ2v) is 7.24. The fourth-order valence-electron chi connectivity index (χ4n) is 2.74. The summed E-state index contributed by atoms with van der Waals surface area (Å²) in [7, 11) is 1.32. The molecule has 0 spiro atoms. The number of hydrogen-bond acceptors (Lipinski definition) is 6. The van der Waals surface area contributed by atoms with Gasteiger partial charge in [-0.2, -0.15) is 0 Å². The van der Waals surface area contributed by atoms with Gasteiger partial charge in [0, 0.05) is 13.1 Å². The molecule has 8 heteroatoms. The van der Waals surface area contributed by atoms with E-state index in [1.165, 1.54) is 12.0 Å². The number of rotatable bonds is 7. The summed E-state index contributed by atoms with van der Waals surface area (Å²) in [5, 5.41) is 2.67. The summed E-state index contributed by atoms with van der Waals surface area (Å²) < 4.78 is 9.88. The van der Waals surface area contributed by atoms with Crippen molar-refractivity contribution >= 4 is 18.0 Å². The van der Waals surface area contributed by atoms with Gasteiger partial charge >= 0.3 is 12.1 Å². The highest BCUT2D eigenvalue weighted by Crippen LogP contribution is 2.20. The Labute approximate surface area is 149 Å². The molecule has 0 aliphatic carbocycles. The van der Waals surface area contributed by atoms with Crippen molar-refractivity contribution in [1.29, 1.82) is 0 Å². The van der Waals surface area contributed by atoms with E-state index < -0.39 is 23.8 Å². The number of esters is 1. The number of alkyl carbamates (subject to hydrolysis) is 1. The van der Waals surface area contributed by atoms with E-state index in [2.05, 4.69) is 5.32 Å². The van der Waals surface area contributed by atoms with Crippen molar-refractivity contribution in [3.05, 3.63) is 0 Å². The molecule has 1 heterocycles. The van der Waals surface area contributed by atoms with Crippen molar-refractivity contribution in [1.82, 2.24) is 10.2 Å². The molecule has 1 aliphatic heterocycles. The molecule has 0 unspecified atom stereocenters.